The Hall–Kier alpha value is -2.36. The fourth-order valence-electron chi connectivity index (χ4n) is 0.785. The molecule has 0 aliphatic carbocycles. The third-order valence-electron chi connectivity index (χ3n) is 1.36. The number of carboxylic acid groups (broad SMARTS) is 2. The molecule has 0 amide bonds. The van der Waals surface area contributed by atoms with Crippen molar-refractivity contribution in [1.29, 1.82) is 0 Å². The number of carbonyl (C=O) groups is 2. The van der Waals surface area contributed by atoms with Gasteiger partial charge in [-0.05, 0) is 18.2 Å². The van der Waals surface area contributed by atoms with Crippen molar-refractivity contribution in [2.24, 2.45) is 0 Å². The van der Waals surface area contributed by atoms with Gasteiger partial charge in [0.05, 0.1) is 11.1 Å². The summed E-state index contributed by atoms with van der Waals surface area (Å²) in [7, 11) is 0. The molecule has 0 aliphatic heterocycles. The maximum Gasteiger partial charge on any atom is 0.335 e. The summed E-state index contributed by atoms with van der Waals surface area (Å²) >= 11 is 0. The van der Waals surface area contributed by atoms with Gasteiger partial charge in [-0.15, -0.1) is 26.3 Å². The smallest absolute Gasteiger partial charge is 0.335 e. The molecule has 0 fully saturated rings. The summed E-state index contributed by atoms with van der Waals surface area (Å²) in [4.78, 5) is 20.8. The molecule has 1 aromatic rings. The number of benzene rings is 1. The maximum absolute atomic E-state index is 10.4. The molecule has 86 valence electrons. The molecule has 0 aromatic heterocycles. The van der Waals surface area contributed by atoms with Crippen molar-refractivity contribution in [1.82, 2.24) is 0 Å². The minimum Gasteiger partial charge on any atom is -0.478 e. The van der Waals surface area contributed by atoms with Crippen LogP contribution in [0.3, 0.4) is 0 Å². The van der Waals surface area contributed by atoms with Crippen LogP contribution in [0.2, 0.25) is 0 Å². The molecule has 0 saturated heterocycles. The second-order valence-electron chi connectivity index (χ2n) is 2.19. The predicted molar refractivity (Wildman–Crippen MR) is 62.9 cm³/mol. The molecule has 0 unspecified atom stereocenters. The van der Waals surface area contributed by atoms with Crippen LogP contribution in [0.15, 0.2) is 50.6 Å². The van der Waals surface area contributed by atoms with Crippen molar-refractivity contribution in [3.05, 3.63) is 61.7 Å². The van der Waals surface area contributed by atoms with Gasteiger partial charge in [0.15, 0.2) is 0 Å². The molecule has 4 heteroatoms. The summed E-state index contributed by atoms with van der Waals surface area (Å²) < 4.78 is 0. The second kappa shape index (κ2) is 9.21. The van der Waals surface area contributed by atoms with Crippen molar-refractivity contribution in [2.45, 2.75) is 0 Å². The average molecular weight is 222 g/mol. The van der Waals surface area contributed by atoms with Gasteiger partial charge in [0, 0.05) is 0 Å². The molecule has 0 aliphatic rings. The number of hydrogen-bond acceptors (Lipinski definition) is 2. The summed E-state index contributed by atoms with van der Waals surface area (Å²) in [5.74, 6) is -2.25. The summed E-state index contributed by atoms with van der Waals surface area (Å²) in [5, 5.41) is 17.0. The van der Waals surface area contributed by atoms with Gasteiger partial charge in [0.25, 0.3) is 0 Å². The van der Waals surface area contributed by atoms with Crippen LogP contribution in [0.4, 0.5) is 0 Å². The predicted octanol–water partition coefficient (Wildman–Crippen LogP) is 2.69. The van der Waals surface area contributed by atoms with Crippen LogP contribution >= 0.6 is 0 Å². The quantitative estimate of drug-likeness (QED) is 0.754. The Balaban J connectivity index is 0. The summed E-state index contributed by atoms with van der Waals surface area (Å²) in [6.45, 7) is 12.0. The summed E-state index contributed by atoms with van der Waals surface area (Å²) in [6.07, 6.45) is 0. The van der Waals surface area contributed by atoms with E-state index in [2.05, 4.69) is 26.3 Å². The molecular formula is C12H14O4. The van der Waals surface area contributed by atoms with Crippen LogP contribution in [-0.2, 0) is 0 Å². The fourth-order valence-corrected chi connectivity index (χ4v) is 0.785. The lowest BCUT2D eigenvalue weighted by molar-refractivity contribution is 0.0696. The first-order chi connectivity index (χ1) is 7.61. The van der Waals surface area contributed by atoms with Crippen LogP contribution in [0.1, 0.15) is 20.7 Å². The fraction of sp³-hybridized carbons (Fsp3) is 0. The lowest BCUT2D eigenvalue weighted by Gasteiger charge is -1.95. The highest BCUT2D eigenvalue weighted by molar-refractivity contribution is 5.93. The highest BCUT2D eigenvalue weighted by atomic mass is 16.4. The number of carboxylic acids is 2. The van der Waals surface area contributed by atoms with E-state index in [1.807, 2.05) is 0 Å². The molecule has 0 atom stereocenters. The van der Waals surface area contributed by atoms with Gasteiger partial charge in [-0.25, -0.2) is 9.59 Å². The standard InChI is InChI=1S/C8H6O4.2C2H4/c9-7(10)5-2-1-3-6(4-5)8(11)12;2*1-2/h1-4H,(H,9,10)(H,11,12);2*1-2H2. The Kier molecular flexibility index (Phi) is 9.25. The van der Waals surface area contributed by atoms with Crippen LogP contribution in [0, 0.1) is 0 Å². The molecular weight excluding hydrogens is 208 g/mol. The van der Waals surface area contributed by atoms with E-state index in [1.54, 1.807) is 0 Å². The van der Waals surface area contributed by atoms with E-state index < -0.39 is 11.9 Å². The summed E-state index contributed by atoms with van der Waals surface area (Å²) in [6, 6.07) is 5.20. The van der Waals surface area contributed by atoms with Gasteiger partial charge < -0.3 is 10.2 Å². The third-order valence-corrected chi connectivity index (χ3v) is 1.36. The van der Waals surface area contributed by atoms with Gasteiger partial charge in [-0.1, -0.05) is 6.07 Å². The molecule has 0 saturated carbocycles. The van der Waals surface area contributed by atoms with Crippen molar-refractivity contribution in [3.8, 4) is 0 Å². The zero-order chi connectivity index (χ0) is 13.1. The topological polar surface area (TPSA) is 74.6 Å². The van der Waals surface area contributed by atoms with E-state index in [9.17, 15) is 9.59 Å². The van der Waals surface area contributed by atoms with Crippen molar-refractivity contribution in [2.75, 3.05) is 0 Å². The molecule has 4 nitrogen and oxygen atoms in total. The van der Waals surface area contributed by atoms with Crippen molar-refractivity contribution >= 4 is 11.9 Å². The first kappa shape index (κ1) is 16.1. The number of aromatic carboxylic acids is 2. The van der Waals surface area contributed by atoms with Crippen molar-refractivity contribution < 1.29 is 19.8 Å². The van der Waals surface area contributed by atoms with Gasteiger partial charge in [-0.2, -0.15) is 0 Å². The van der Waals surface area contributed by atoms with E-state index >= 15 is 0 Å². The number of hydrogen-bond donors (Lipinski definition) is 2. The van der Waals surface area contributed by atoms with Crippen LogP contribution in [0.5, 0.6) is 0 Å². The zero-order valence-electron chi connectivity index (χ0n) is 8.85. The Morgan fingerprint density at radius 2 is 1.19 bits per heavy atom. The van der Waals surface area contributed by atoms with Crippen molar-refractivity contribution in [3.63, 3.8) is 0 Å². The minimum atomic E-state index is -1.13. The third kappa shape index (κ3) is 5.39. The van der Waals surface area contributed by atoms with E-state index in [0.717, 1.165) is 6.07 Å². The first-order valence-electron chi connectivity index (χ1n) is 4.18. The maximum atomic E-state index is 10.4. The Morgan fingerprint density at radius 3 is 1.44 bits per heavy atom. The number of rotatable bonds is 2. The van der Waals surface area contributed by atoms with Gasteiger partial charge in [0.1, 0.15) is 0 Å². The normalized spacial score (nSPS) is 7.50. The second-order valence-corrected chi connectivity index (χ2v) is 2.19. The van der Waals surface area contributed by atoms with Crippen LogP contribution in [0.25, 0.3) is 0 Å². The van der Waals surface area contributed by atoms with E-state index in [1.165, 1.54) is 18.2 Å². The van der Waals surface area contributed by atoms with Gasteiger partial charge in [-0.3, -0.25) is 0 Å². The molecule has 0 radical (unpaired) electrons. The monoisotopic (exact) mass is 222 g/mol. The molecule has 1 rings (SSSR count). The highest BCUT2D eigenvalue weighted by Crippen LogP contribution is 2.04. The Labute approximate surface area is 94.2 Å². The van der Waals surface area contributed by atoms with Gasteiger partial charge in [0.2, 0.25) is 0 Å². The molecule has 16 heavy (non-hydrogen) atoms. The summed E-state index contributed by atoms with van der Waals surface area (Å²) in [5.41, 5.74) is -0.0372. The Bertz CT molecular complexity index is 327. The zero-order valence-corrected chi connectivity index (χ0v) is 8.85. The lowest BCUT2D eigenvalue weighted by Crippen LogP contribution is -2.01. The van der Waals surface area contributed by atoms with Gasteiger partial charge >= 0.3 is 11.9 Å². The average Bonchev–Trinajstić information content (AvgIpc) is 2.34. The highest BCUT2D eigenvalue weighted by Gasteiger charge is 2.06. The largest absolute Gasteiger partial charge is 0.478 e. The van der Waals surface area contributed by atoms with Crippen LogP contribution < -0.4 is 0 Å². The minimum absolute atomic E-state index is 0.0186. The molecule has 0 bridgehead atoms. The molecule has 1 aromatic carbocycles. The Morgan fingerprint density at radius 1 is 0.875 bits per heavy atom. The SMILES string of the molecule is C=C.C=C.O=C(O)c1cccc(C(=O)O)c1. The molecule has 0 spiro atoms. The first-order valence-corrected chi connectivity index (χ1v) is 4.18. The van der Waals surface area contributed by atoms with E-state index in [0.29, 0.717) is 0 Å². The van der Waals surface area contributed by atoms with E-state index in [4.69, 9.17) is 10.2 Å². The van der Waals surface area contributed by atoms with E-state index in [-0.39, 0.29) is 11.1 Å². The molecule has 2 N–H and O–H groups in total. The lowest BCUT2D eigenvalue weighted by atomic mass is 10.1. The molecule has 0 heterocycles. The van der Waals surface area contributed by atoms with Crippen LogP contribution in [-0.4, -0.2) is 22.2 Å².